The highest BCUT2D eigenvalue weighted by molar-refractivity contribution is 7.20. The maximum absolute atomic E-state index is 13.4. The highest BCUT2D eigenvalue weighted by atomic mass is 32.1. The second-order valence-electron chi connectivity index (χ2n) is 8.00. The van der Waals surface area contributed by atoms with E-state index >= 15 is 0 Å². The lowest BCUT2D eigenvalue weighted by atomic mass is 10.0. The Morgan fingerprint density at radius 1 is 1.14 bits per heavy atom. The number of thiophene rings is 1. The van der Waals surface area contributed by atoms with Crippen LogP contribution in [0.5, 0.6) is 0 Å². The summed E-state index contributed by atoms with van der Waals surface area (Å²) < 4.78 is 0. The average Bonchev–Trinajstić information content (AvgIpc) is 3.36. The molecule has 1 unspecified atom stereocenters. The van der Waals surface area contributed by atoms with Crippen molar-refractivity contribution in [2.24, 2.45) is 5.92 Å². The van der Waals surface area contributed by atoms with Crippen LogP contribution in [0.4, 0.5) is 5.00 Å². The molecule has 29 heavy (non-hydrogen) atoms. The maximum atomic E-state index is 13.4. The van der Waals surface area contributed by atoms with Crippen molar-refractivity contribution in [3.63, 3.8) is 0 Å². The Labute approximate surface area is 176 Å². The van der Waals surface area contributed by atoms with Crippen molar-refractivity contribution in [3.8, 4) is 10.4 Å². The van der Waals surface area contributed by atoms with Crippen molar-refractivity contribution in [1.29, 1.82) is 0 Å². The second-order valence-corrected chi connectivity index (χ2v) is 9.02. The van der Waals surface area contributed by atoms with Crippen LogP contribution < -0.4 is 5.32 Å². The molecule has 4 nitrogen and oxygen atoms in total. The fourth-order valence-corrected chi connectivity index (χ4v) is 5.48. The molecule has 1 aromatic carbocycles. The summed E-state index contributed by atoms with van der Waals surface area (Å²) in [6, 6.07) is 10.1. The minimum Gasteiger partial charge on any atom is -0.339 e. The molecule has 1 aliphatic heterocycles. The van der Waals surface area contributed by atoms with Crippen molar-refractivity contribution in [2.45, 2.75) is 45.4 Å². The molecule has 4 rings (SSSR count). The Morgan fingerprint density at radius 2 is 1.90 bits per heavy atom. The first-order valence-corrected chi connectivity index (χ1v) is 11.4. The third-order valence-corrected chi connectivity index (χ3v) is 7.11. The maximum Gasteiger partial charge on any atom is 0.257 e. The minimum atomic E-state index is -0.00453. The van der Waals surface area contributed by atoms with Gasteiger partial charge in [-0.2, -0.15) is 0 Å². The molecule has 1 saturated heterocycles. The predicted molar refractivity (Wildman–Crippen MR) is 119 cm³/mol. The van der Waals surface area contributed by atoms with Gasteiger partial charge in [-0.05, 0) is 56.1 Å². The van der Waals surface area contributed by atoms with Crippen LogP contribution in [-0.4, -0.2) is 29.8 Å². The summed E-state index contributed by atoms with van der Waals surface area (Å²) in [5.41, 5.74) is 2.72. The molecule has 1 fully saturated rings. The summed E-state index contributed by atoms with van der Waals surface area (Å²) in [6.45, 7) is 3.61. The van der Waals surface area contributed by atoms with E-state index < -0.39 is 0 Å². The fourth-order valence-electron chi connectivity index (χ4n) is 4.26. The SMILES string of the molecule is Cc1c(-c2ccccc2)sc(NC(=O)CC2C=CCC2)c1C(=O)N1CCCCC1. The highest BCUT2D eigenvalue weighted by Gasteiger charge is 2.28. The van der Waals surface area contributed by atoms with Gasteiger partial charge in [0.15, 0.2) is 0 Å². The van der Waals surface area contributed by atoms with Crippen LogP contribution in [0.2, 0.25) is 0 Å². The molecule has 152 valence electrons. The van der Waals surface area contributed by atoms with Crippen LogP contribution in [0.25, 0.3) is 10.4 Å². The Balaban J connectivity index is 1.64. The number of allylic oxidation sites excluding steroid dienone is 2. The van der Waals surface area contributed by atoms with Crippen LogP contribution >= 0.6 is 11.3 Å². The quantitative estimate of drug-likeness (QED) is 0.651. The molecular formula is C24H28N2O2S. The summed E-state index contributed by atoms with van der Waals surface area (Å²) in [4.78, 5) is 29.1. The van der Waals surface area contributed by atoms with E-state index in [-0.39, 0.29) is 11.8 Å². The number of rotatable bonds is 5. The number of carbonyl (C=O) groups is 2. The molecule has 1 atom stereocenters. The average molecular weight is 409 g/mol. The lowest BCUT2D eigenvalue weighted by Gasteiger charge is -2.27. The number of nitrogens with one attached hydrogen (secondary N) is 1. The van der Waals surface area contributed by atoms with Crippen molar-refractivity contribution in [1.82, 2.24) is 4.90 Å². The number of hydrogen-bond acceptors (Lipinski definition) is 3. The van der Waals surface area contributed by atoms with Gasteiger partial charge in [0.1, 0.15) is 5.00 Å². The van der Waals surface area contributed by atoms with Crippen molar-refractivity contribution < 1.29 is 9.59 Å². The Morgan fingerprint density at radius 3 is 2.59 bits per heavy atom. The zero-order chi connectivity index (χ0) is 20.2. The highest BCUT2D eigenvalue weighted by Crippen LogP contribution is 2.41. The lowest BCUT2D eigenvalue weighted by Crippen LogP contribution is -2.36. The molecule has 1 aliphatic carbocycles. The number of piperidine rings is 1. The third kappa shape index (κ3) is 4.45. The summed E-state index contributed by atoms with van der Waals surface area (Å²) >= 11 is 1.52. The van der Waals surface area contributed by atoms with Crippen molar-refractivity contribution >= 4 is 28.2 Å². The predicted octanol–water partition coefficient (Wildman–Crippen LogP) is 5.64. The van der Waals surface area contributed by atoms with Gasteiger partial charge in [-0.15, -0.1) is 11.3 Å². The van der Waals surface area contributed by atoms with Gasteiger partial charge in [0, 0.05) is 24.4 Å². The van der Waals surface area contributed by atoms with Crippen LogP contribution in [0.3, 0.4) is 0 Å². The summed E-state index contributed by atoms with van der Waals surface area (Å²) in [7, 11) is 0. The molecule has 2 heterocycles. The Kier molecular flexibility index (Phi) is 6.14. The third-order valence-electron chi connectivity index (χ3n) is 5.85. The van der Waals surface area contributed by atoms with E-state index in [0.717, 1.165) is 54.8 Å². The number of nitrogens with zero attached hydrogens (tertiary/aromatic N) is 1. The van der Waals surface area contributed by atoms with Crippen molar-refractivity contribution in [2.75, 3.05) is 18.4 Å². The topological polar surface area (TPSA) is 49.4 Å². The number of likely N-dealkylation sites (tertiary alicyclic amines) is 1. The molecule has 0 spiro atoms. The van der Waals surface area contributed by atoms with Crippen molar-refractivity contribution in [3.05, 3.63) is 53.6 Å². The summed E-state index contributed by atoms with van der Waals surface area (Å²) in [5.74, 6) is 0.359. The van der Waals surface area contributed by atoms with Gasteiger partial charge in [-0.3, -0.25) is 9.59 Å². The molecule has 0 radical (unpaired) electrons. The second kappa shape index (κ2) is 8.95. The fraction of sp³-hybridized carbons (Fsp3) is 0.417. The molecule has 2 aliphatic rings. The van der Waals surface area contributed by atoms with Gasteiger partial charge in [0.05, 0.1) is 5.56 Å². The normalized spacial score (nSPS) is 18.8. The summed E-state index contributed by atoms with van der Waals surface area (Å²) in [6.07, 6.45) is 10.1. The zero-order valence-electron chi connectivity index (χ0n) is 16.9. The number of amides is 2. The minimum absolute atomic E-state index is 0.00453. The van der Waals surface area contributed by atoms with Gasteiger partial charge >= 0.3 is 0 Å². The molecule has 0 bridgehead atoms. The molecule has 5 heteroatoms. The molecule has 1 aromatic heterocycles. The van der Waals surface area contributed by atoms with E-state index in [4.69, 9.17) is 0 Å². The van der Waals surface area contributed by atoms with E-state index in [1.54, 1.807) is 0 Å². The molecular weight excluding hydrogens is 380 g/mol. The largest absolute Gasteiger partial charge is 0.339 e. The van der Waals surface area contributed by atoms with E-state index in [1.807, 2.05) is 30.0 Å². The van der Waals surface area contributed by atoms with E-state index in [0.29, 0.717) is 22.9 Å². The van der Waals surface area contributed by atoms with Gasteiger partial charge in [0.2, 0.25) is 5.91 Å². The number of hydrogen-bond donors (Lipinski definition) is 1. The Hall–Kier alpha value is -2.40. The number of anilines is 1. The first kappa shape index (κ1) is 19.9. The molecule has 0 saturated carbocycles. The number of benzene rings is 1. The van der Waals surface area contributed by atoms with Crippen LogP contribution in [0.1, 0.15) is 54.4 Å². The van der Waals surface area contributed by atoms with E-state index in [2.05, 4.69) is 29.6 Å². The number of carbonyl (C=O) groups excluding carboxylic acids is 2. The first-order chi connectivity index (χ1) is 14.1. The lowest BCUT2D eigenvalue weighted by molar-refractivity contribution is -0.116. The molecule has 2 amide bonds. The van der Waals surface area contributed by atoms with Crippen LogP contribution in [0, 0.1) is 12.8 Å². The van der Waals surface area contributed by atoms with Gasteiger partial charge in [0.25, 0.3) is 5.91 Å². The van der Waals surface area contributed by atoms with E-state index in [1.165, 1.54) is 17.8 Å². The first-order valence-electron chi connectivity index (χ1n) is 10.6. The monoisotopic (exact) mass is 408 g/mol. The summed E-state index contributed by atoms with van der Waals surface area (Å²) in [5, 5.41) is 3.78. The van der Waals surface area contributed by atoms with Crippen LogP contribution in [0.15, 0.2) is 42.5 Å². The standard InChI is InChI=1S/C24H28N2O2S/c1-17-21(24(28)26-14-8-3-9-15-26)23(25-20(27)16-18-10-6-7-11-18)29-22(17)19-12-4-2-5-13-19/h2,4-6,10,12-13,18H,3,7-9,11,14-16H2,1H3,(H,25,27). The molecule has 2 aromatic rings. The van der Waals surface area contributed by atoms with E-state index in [9.17, 15) is 9.59 Å². The zero-order valence-corrected chi connectivity index (χ0v) is 17.8. The van der Waals surface area contributed by atoms with Gasteiger partial charge in [-0.25, -0.2) is 0 Å². The van der Waals surface area contributed by atoms with Gasteiger partial charge in [-0.1, -0.05) is 42.5 Å². The van der Waals surface area contributed by atoms with Crippen LogP contribution in [-0.2, 0) is 4.79 Å². The molecule has 1 N–H and O–H groups in total. The smallest absolute Gasteiger partial charge is 0.257 e. The Bertz CT molecular complexity index is 910. The van der Waals surface area contributed by atoms with Gasteiger partial charge < -0.3 is 10.2 Å².